The molecule has 7 nitrogen and oxygen atoms in total. The monoisotopic (exact) mass is 417 g/mol. The fourth-order valence-corrected chi connectivity index (χ4v) is 4.55. The van der Waals surface area contributed by atoms with E-state index in [-0.39, 0.29) is 29.1 Å². The quantitative estimate of drug-likeness (QED) is 0.667. The molecule has 1 aliphatic carbocycles. The molecule has 1 N–H and O–H groups in total. The maximum atomic E-state index is 12.6. The van der Waals surface area contributed by atoms with Crippen LogP contribution in [0, 0.1) is 6.92 Å². The Morgan fingerprint density at radius 1 is 1.25 bits per heavy atom. The second-order valence-corrected chi connectivity index (χ2v) is 9.18. The molecule has 0 aliphatic heterocycles. The van der Waals surface area contributed by atoms with Gasteiger partial charge in [-0.05, 0) is 44.0 Å². The van der Waals surface area contributed by atoms with Gasteiger partial charge in [0.05, 0.1) is 11.4 Å². The Kier molecular flexibility index (Phi) is 4.94. The number of nitrogens with one attached hydrogen (secondary N) is 1. The van der Waals surface area contributed by atoms with Crippen LogP contribution < -0.4 is 10.1 Å². The molecule has 2 aromatic heterocycles. The second kappa shape index (κ2) is 7.40. The molecule has 0 saturated heterocycles. The van der Waals surface area contributed by atoms with Crippen LogP contribution >= 0.6 is 11.3 Å². The molecule has 2 heterocycles. The van der Waals surface area contributed by atoms with Gasteiger partial charge in [-0.25, -0.2) is 0 Å². The summed E-state index contributed by atoms with van der Waals surface area (Å²) < 4.78 is 36.4. The molecule has 28 heavy (non-hydrogen) atoms. The fourth-order valence-electron chi connectivity index (χ4n) is 2.59. The van der Waals surface area contributed by atoms with Crippen molar-refractivity contribution < 1.29 is 17.6 Å². The highest BCUT2D eigenvalue weighted by Crippen LogP contribution is 2.20. The highest BCUT2D eigenvalue weighted by Gasteiger charge is 2.25. The molecule has 0 spiro atoms. The highest BCUT2D eigenvalue weighted by atomic mass is 32.2. The molecular weight excluding hydrogens is 398 g/mol. The standard InChI is InChI=1S/C19H19N3O4S2/c1-13-2-7-16(8-3-13)28(24,25)21-19-22(10-11-27-19)12-15-6-9-17(26-15)18(23)20-14-4-5-14/h2-3,6-11,14H,4-5,12H2,1H3,(H,20,23). The summed E-state index contributed by atoms with van der Waals surface area (Å²) in [5.41, 5.74) is 0.976. The van der Waals surface area contributed by atoms with Crippen molar-refractivity contribution in [2.45, 2.75) is 37.2 Å². The lowest BCUT2D eigenvalue weighted by atomic mass is 10.2. The molecule has 0 atom stereocenters. The van der Waals surface area contributed by atoms with E-state index in [0.29, 0.717) is 10.6 Å². The van der Waals surface area contributed by atoms with Gasteiger partial charge in [0.25, 0.3) is 15.9 Å². The minimum Gasteiger partial charge on any atom is -0.454 e. The van der Waals surface area contributed by atoms with Gasteiger partial charge in [-0.15, -0.1) is 15.7 Å². The van der Waals surface area contributed by atoms with Crippen molar-refractivity contribution in [2.75, 3.05) is 0 Å². The van der Waals surface area contributed by atoms with E-state index in [1.165, 1.54) is 11.3 Å². The fraction of sp³-hybridized carbons (Fsp3) is 0.263. The molecule has 9 heteroatoms. The number of nitrogens with zero attached hydrogens (tertiary/aromatic N) is 2. The van der Waals surface area contributed by atoms with Gasteiger partial charge in [0, 0.05) is 17.6 Å². The zero-order valence-electron chi connectivity index (χ0n) is 15.2. The largest absolute Gasteiger partial charge is 0.454 e. The van der Waals surface area contributed by atoms with E-state index in [0.717, 1.165) is 18.4 Å². The number of aromatic nitrogens is 1. The van der Waals surface area contributed by atoms with Crippen LogP contribution in [-0.4, -0.2) is 24.9 Å². The summed E-state index contributed by atoms with van der Waals surface area (Å²) in [6, 6.07) is 10.2. The predicted octanol–water partition coefficient (Wildman–Crippen LogP) is 2.68. The van der Waals surface area contributed by atoms with Crippen LogP contribution in [0.4, 0.5) is 0 Å². The van der Waals surface area contributed by atoms with Gasteiger partial charge in [0.2, 0.25) is 4.80 Å². The Morgan fingerprint density at radius 3 is 2.71 bits per heavy atom. The number of carbonyl (C=O) groups excluding carboxylic acids is 1. The second-order valence-electron chi connectivity index (χ2n) is 6.71. The lowest BCUT2D eigenvalue weighted by molar-refractivity contribution is 0.0921. The summed E-state index contributed by atoms with van der Waals surface area (Å²) in [4.78, 5) is 12.5. The van der Waals surface area contributed by atoms with Crippen LogP contribution in [-0.2, 0) is 16.6 Å². The first-order chi connectivity index (χ1) is 13.4. The summed E-state index contributed by atoms with van der Waals surface area (Å²) in [6.07, 6.45) is 3.75. The first kappa shape index (κ1) is 18.7. The summed E-state index contributed by atoms with van der Waals surface area (Å²) in [5, 5.41) is 4.63. The number of carbonyl (C=O) groups is 1. The maximum Gasteiger partial charge on any atom is 0.287 e. The third-order valence-electron chi connectivity index (χ3n) is 4.30. The van der Waals surface area contributed by atoms with Crippen LogP contribution in [0.5, 0.6) is 0 Å². The van der Waals surface area contributed by atoms with Crippen molar-refractivity contribution in [3.05, 3.63) is 69.9 Å². The highest BCUT2D eigenvalue weighted by molar-refractivity contribution is 7.90. The first-order valence-corrected chi connectivity index (χ1v) is 11.1. The molecular formula is C19H19N3O4S2. The Balaban J connectivity index is 1.56. The number of hydrogen-bond donors (Lipinski definition) is 1. The van der Waals surface area contributed by atoms with Crippen LogP contribution in [0.3, 0.4) is 0 Å². The molecule has 1 saturated carbocycles. The van der Waals surface area contributed by atoms with Gasteiger partial charge < -0.3 is 14.3 Å². The van der Waals surface area contributed by atoms with Crippen molar-refractivity contribution in [1.82, 2.24) is 9.88 Å². The number of hydrogen-bond acceptors (Lipinski definition) is 5. The average molecular weight is 418 g/mol. The Labute approximate surface area is 166 Å². The lowest BCUT2D eigenvalue weighted by Gasteiger charge is -2.02. The first-order valence-electron chi connectivity index (χ1n) is 8.82. The lowest BCUT2D eigenvalue weighted by Crippen LogP contribution is -2.24. The molecule has 0 radical (unpaired) electrons. The van der Waals surface area contributed by atoms with Gasteiger partial charge in [0.15, 0.2) is 5.76 Å². The van der Waals surface area contributed by atoms with E-state index >= 15 is 0 Å². The number of amides is 1. The van der Waals surface area contributed by atoms with Crippen LogP contribution in [0.1, 0.15) is 34.7 Å². The van der Waals surface area contributed by atoms with Crippen LogP contribution in [0.2, 0.25) is 0 Å². The van der Waals surface area contributed by atoms with E-state index in [9.17, 15) is 13.2 Å². The molecule has 1 fully saturated rings. The Morgan fingerprint density at radius 2 is 2.00 bits per heavy atom. The SMILES string of the molecule is Cc1ccc(S(=O)(=O)N=c2sccn2Cc2ccc(C(=O)NC3CC3)o2)cc1. The van der Waals surface area contributed by atoms with Gasteiger partial charge in [-0.1, -0.05) is 17.7 Å². The predicted molar refractivity (Wildman–Crippen MR) is 105 cm³/mol. The molecule has 1 amide bonds. The van der Waals surface area contributed by atoms with E-state index in [1.54, 1.807) is 52.5 Å². The van der Waals surface area contributed by atoms with Crippen molar-refractivity contribution in [2.24, 2.45) is 4.40 Å². The van der Waals surface area contributed by atoms with Gasteiger partial charge >= 0.3 is 0 Å². The zero-order valence-corrected chi connectivity index (χ0v) is 16.8. The molecule has 1 aliphatic rings. The van der Waals surface area contributed by atoms with E-state index in [2.05, 4.69) is 9.71 Å². The molecule has 4 rings (SSSR count). The van der Waals surface area contributed by atoms with Crippen molar-refractivity contribution >= 4 is 27.3 Å². The van der Waals surface area contributed by atoms with Crippen molar-refractivity contribution in [3.63, 3.8) is 0 Å². The normalized spacial score (nSPS) is 15.0. The summed E-state index contributed by atoms with van der Waals surface area (Å²) in [7, 11) is -3.81. The zero-order chi connectivity index (χ0) is 19.7. The van der Waals surface area contributed by atoms with Gasteiger partial charge in [-0.3, -0.25) is 4.79 Å². The number of furan rings is 1. The smallest absolute Gasteiger partial charge is 0.287 e. The number of benzene rings is 1. The summed E-state index contributed by atoms with van der Waals surface area (Å²) in [6.45, 7) is 2.17. The minimum atomic E-state index is -3.81. The van der Waals surface area contributed by atoms with E-state index in [1.807, 2.05) is 6.92 Å². The number of aryl methyl sites for hydroxylation is 1. The number of sulfonamides is 1. The van der Waals surface area contributed by atoms with Gasteiger partial charge in [-0.2, -0.15) is 8.42 Å². The third-order valence-corrected chi connectivity index (χ3v) is 6.49. The average Bonchev–Trinajstić information content (AvgIpc) is 3.17. The van der Waals surface area contributed by atoms with E-state index in [4.69, 9.17) is 4.42 Å². The third kappa shape index (κ3) is 4.26. The van der Waals surface area contributed by atoms with Crippen molar-refractivity contribution in [1.29, 1.82) is 0 Å². The topological polar surface area (TPSA) is 93.7 Å². The molecule has 3 aromatic rings. The van der Waals surface area contributed by atoms with Crippen LogP contribution in [0.15, 0.2) is 61.7 Å². The summed E-state index contributed by atoms with van der Waals surface area (Å²) >= 11 is 1.22. The Bertz CT molecular complexity index is 1170. The van der Waals surface area contributed by atoms with Crippen LogP contribution in [0.25, 0.3) is 0 Å². The number of thiazole rings is 1. The maximum absolute atomic E-state index is 12.6. The Hall–Kier alpha value is -2.65. The van der Waals surface area contributed by atoms with E-state index < -0.39 is 10.0 Å². The molecule has 0 unspecified atom stereocenters. The molecule has 1 aromatic carbocycles. The summed E-state index contributed by atoms with van der Waals surface area (Å²) in [5.74, 6) is 0.577. The minimum absolute atomic E-state index is 0.148. The number of rotatable bonds is 6. The molecule has 0 bridgehead atoms. The van der Waals surface area contributed by atoms with Crippen molar-refractivity contribution in [3.8, 4) is 0 Å². The van der Waals surface area contributed by atoms with Gasteiger partial charge in [0.1, 0.15) is 5.76 Å². The molecule has 146 valence electrons.